The number of nitrogens with zero attached hydrogens (tertiary/aromatic N) is 1. The van der Waals surface area contributed by atoms with Crippen molar-refractivity contribution in [2.24, 2.45) is 0 Å². The van der Waals surface area contributed by atoms with Crippen LogP contribution in [-0.4, -0.2) is 38.0 Å². The van der Waals surface area contributed by atoms with E-state index in [-0.39, 0.29) is 12.5 Å². The summed E-state index contributed by atoms with van der Waals surface area (Å²) in [6.45, 7) is 2.57. The molecule has 1 aliphatic rings. The van der Waals surface area contributed by atoms with E-state index in [1.807, 2.05) is 23.1 Å². The van der Waals surface area contributed by atoms with Gasteiger partial charge in [-0.2, -0.15) is 0 Å². The molecule has 8 nitrogen and oxygen atoms in total. The number of carbonyl (C=O) groups is 3. The quantitative estimate of drug-likeness (QED) is 0.455. The fourth-order valence-corrected chi connectivity index (χ4v) is 3.22. The average molecular weight is 397 g/mol. The van der Waals surface area contributed by atoms with E-state index < -0.39 is 11.9 Å². The van der Waals surface area contributed by atoms with Gasteiger partial charge in [-0.15, -0.1) is 0 Å². The molecule has 0 spiro atoms. The molecular formula is C21H23N3O5. The number of methoxy groups -OCH3 is 1. The van der Waals surface area contributed by atoms with Crippen molar-refractivity contribution in [2.45, 2.75) is 19.8 Å². The van der Waals surface area contributed by atoms with E-state index in [1.165, 1.54) is 30.9 Å². The molecule has 1 aromatic carbocycles. The minimum atomic E-state index is -0.522. The standard InChI is InChI=1S/C21H23N3O5/c1-14-17(21(27)28-2)12-16(29-14)9-10-19(25)22-23-20(26)13-24-11-5-7-15-6-3-4-8-18(15)24/h3-4,6,8-10,12H,5,7,11,13H2,1-2H3,(H,22,25)(H,23,26)/b10-9+. The normalized spacial score (nSPS) is 13.1. The molecule has 1 aliphatic heterocycles. The van der Waals surface area contributed by atoms with E-state index in [1.54, 1.807) is 6.92 Å². The molecule has 0 radical (unpaired) electrons. The summed E-state index contributed by atoms with van der Waals surface area (Å²) < 4.78 is 10.0. The Morgan fingerprint density at radius 2 is 2.03 bits per heavy atom. The second-order valence-electron chi connectivity index (χ2n) is 6.63. The zero-order chi connectivity index (χ0) is 20.8. The summed E-state index contributed by atoms with van der Waals surface area (Å²) in [7, 11) is 1.28. The number of rotatable bonds is 5. The molecule has 2 aromatic rings. The Morgan fingerprint density at radius 1 is 1.24 bits per heavy atom. The highest BCUT2D eigenvalue weighted by Crippen LogP contribution is 2.26. The molecular weight excluding hydrogens is 374 g/mol. The lowest BCUT2D eigenvalue weighted by atomic mass is 10.0. The van der Waals surface area contributed by atoms with Gasteiger partial charge in [0.1, 0.15) is 17.1 Å². The Morgan fingerprint density at radius 3 is 2.83 bits per heavy atom. The molecule has 8 heteroatoms. The van der Waals surface area contributed by atoms with Crippen molar-refractivity contribution in [3.63, 3.8) is 0 Å². The number of ether oxygens (including phenoxy) is 1. The van der Waals surface area contributed by atoms with Crippen LogP contribution < -0.4 is 15.8 Å². The maximum absolute atomic E-state index is 12.2. The third-order valence-electron chi connectivity index (χ3n) is 4.61. The van der Waals surface area contributed by atoms with Gasteiger partial charge in [0.25, 0.3) is 11.8 Å². The molecule has 3 rings (SSSR count). The Balaban J connectivity index is 1.50. The summed E-state index contributed by atoms with van der Waals surface area (Å²) >= 11 is 0. The summed E-state index contributed by atoms with van der Waals surface area (Å²) in [5.74, 6) is -0.625. The van der Waals surface area contributed by atoms with Crippen LogP contribution in [0.25, 0.3) is 6.08 Å². The molecule has 0 fully saturated rings. The maximum Gasteiger partial charge on any atom is 0.341 e. The van der Waals surface area contributed by atoms with Gasteiger partial charge in [-0.1, -0.05) is 18.2 Å². The van der Waals surface area contributed by atoms with Crippen LogP contribution in [0.1, 0.15) is 33.9 Å². The number of aryl methyl sites for hydroxylation is 2. The maximum atomic E-state index is 12.2. The molecule has 0 unspecified atom stereocenters. The minimum absolute atomic E-state index is 0.154. The molecule has 2 N–H and O–H groups in total. The van der Waals surface area contributed by atoms with Crippen LogP contribution in [0.5, 0.6) is 0 Å². The lowest BCUT2D eigenvalue weighted by molar-refractivity contribution is -0.125. The first-order valence-electron chi connectivity index (χ1n) is 9.26. The molecule has 0 atom stereocenters. The number of hydrazine groups is 1. The molecule has 0 saturated carbocycles. The average Bonchev–Trinajstić information content (AvgIpc) is 3.11. The number of furan rings is 1. The van der Waals surface area contributed by atoms with E-state index in [4.69, 9.17) is 4.42 Å². The zero-order valence-electron chi connectivity index (χ0n) is 16.4. The highest BCUT2D eigenvalue weighted by atomic mass is 16.5. The summed E-state index contributed by atoms with van der Waals surface area (Å²) in [6, 6.07) is 9.48. The monoisotopic (exact) mass is 397 g/mol. The van der Waals surface area contributed by atoms with Crippen LogP contribution in [0.15, 0.2) is 40.8 Å². The highest BCUT2D eigenvalue weighted by molar-refractivity contribution is 5.94. The van der Waals surface area contributed by atoms with Crippen molar-refractivity contribution in [1.82, 2.24) is 10.9 Å². The molecule has 29 heavy (non-hydrogen) atoms. The molecule has 1 aromatic heterocycles. The van der Waals surface area contributed by atoms with Gasteiger partial charge in [-0.05, 0) is 43.5 Å². The Hall–Kier alpha value is -3.55. The largest absolute Gasteiger partial charge is 0.465 e. The molecule has 0 saturated heterocycles. The van der Waals surface area contributed by atoms with E-state index in [9.17, 15) is 14.4 Å². The first-order valence-corrected chi connectivity index (χ1v) is 9.26. The fraction of sp³-hybridized carbons (Fsp3) is 0.286. The fourth-order valence-electron chi connectivity index (χ4n) is 3.22. The number of amides is 2. The SMILES string of the molecule is COC(=O)c1cc(/C=C/C(=O)NNC(=O)CN2CCCc3ccccc32)oc1C. The zero-order valence-corrected chi connectivity index (χ0v) is 16.4. The van der Waals surface area contributed by atoms with Crippen molar-refractivity contribution in [1.29, 1.82) is 0 Å². The van der Waals surface area contributed by atoms with Crippen LogP contribution in [0.3, 0.4) is 0 Å². The molecule has 2 amide bonds. The van der Waals surface area contributed by atoms with Gasteiger partial charge in [0.2, 0.25) is 0 Å². The summed E-state index contributed by atoms with van der Waals surface area (Å²) in [5.41, 5.74) is 7.31. The van der Waals surface area contributed by atoms with Gasteiger partial charge in [-0.3, -0.25) is 20.4 Å². The van der Waals surface area contributed by atoms with E-state index in [2.05, 4.69) is 21.7 Å². The van der Waals surface area contributed by atoms with E-state index >= 15 is 0 Å². The van der Waals surface area contributed by atoms with Crippen molar-refractivity contribution >= 4 is 29.5 Å². The van der Waals surface area contributed by atoms with Crippen molar-refractivity contribution in [2.75, 3.05) is 25.1 Å². The summed E-state index contributed by atoms with van der Waals surface area (Å²) in [4.78, 5) is 37.7. The van der Waals surface area contributed by atoms with E-state index in [0.29, 0.717) is 17.1 Å². The van der Waals surface area contributed by atoms with Gasteiger partial charge in [0.05, 0.1) is 13.7 Å². The van der Waals surface area contributed by atoms with Crippen molar-refractivity contribution in [3.8, 4) is 0 Å². The minimum Gasteiger partial charge on any atom is -0.465 e. The Bertz CT molecular complexity index is 948. The number of anilines is 1. The predicted octanol–water partition coefficient (Wildman–Crippen LogP) is 1.99. The van der Waals surface area contributed by atoms with E-state index in [0.717, 1.165) is 25.1 Å². The lowest BCUT2D eigenvalue weighted by Gasteiger charge is -2.30. The number of nitrogens with one attached hydrogen (secondary N) is 2. The topological polar surface area (TPSA) is 101 Å². The van der Waals surface area contributed by atoms with Crippen LogP contribution in [0.2, 0.25) is 0 Å². The first-order chi connectivity index (χ1) is 14.0. The number of hydrogen-bond donors (Lipinski definition) is 2. The van der Waals surface area contributed by atoms with Crippen LogP contribution in [0, 0.1) is 6.92 Å². The summed E-state index contributed by atoms with van der Waals surface area (Å²) in [6.07, 6.45) is 4.59. The van der Waals surface area contributed by atoms with Crippen LogP contribution >= 0.6 is 0 Å². The third kappa shape index (κ3) is 5.04. The van der Waals surface area contributed by atoms with Crippen LogP contribution in [-0.2, 0) is 20.7 Å². The highest BCUT2D eigenvalue weighted by Gasteiger charge is 2.18. The molecule has 0 bridgehead atoms. The van der Waals surface area contributed by atoms with Gasteiger partial charge in [0.15, 0.2) is 0 Å². The Labute approximate surface area is 168 Å². The molecule has 0 aliphatic carbocycles. The number of para-hydroxylation sites is 1. The van der Waals surface area contributed by atoms with Crippen LogP contribution in [0.4, 0.5) is 5.69 Å². The molecule has 152 valence electrons. The second-order valence-corrected chi connectivity index (χ2v) is 6.63. The number of fused-ring (bicyclic) bond motifs is 1. The number of benzene rings is 1. The molecule has 2 heterocycles. The number of esters is 1. The third-order valence-corrected chi connectivity index (χ3v) is 4.61. The Kier molecular flexibility index (Phi) is 6.33. The number of hydrogen-bond acceptors (Lipinski definition) is 6. The lowest BCUT2D eigenvalue weighted by Crippen LogP contribution is -2.47. The second kappa shape index (κ2) is 9.09. The number of carbonyl (C=O) groups excluding carboxylic acids is 3. The predicted molar refractivity (Wildman–Crippen MR) is 107 cm³/mol. The first kappa shape index (κ1) is 20.2. The van der Waals surface area contributed by atoms with Gasteiger partial charge in [0, 0.05) is 18.3 Å². The van der Waals surface area contributed by atoms with Gasteiger partial charge < -0.3 is 14.1 Å². The summed E-state index contributed by atoms with van der Waals surface area (Å²) in [5, 5.41) is 0. The van der Waals surface area contributed by atoms with Gasteiger partial charge in [-0.25, -0.2) is 4.79 Å². The van der Waals surface area contributed by atoms with Gasteiger partial charge >= 0.3 is 5.97 Å². The van der Waals surface area contributed by atoms with Crippen molar-refractivity contribution in [3.05, 3.63) is 59.1 Å². The van der Waals surface area contributed by atoms with Crippen molar-refractivity contribution < 1.29 is 23.5 Å². The smallest absolute Gasteiger partial charge is 0.341 e.